The van der Waals surface area contributed by atoms with Gasteiger partial charge < -0.3 is 9.80 Å². The number of carbonyl (C=O) groups excluding carboxylic acids is 1. The van der Waals surface area contributed by atoms with Crippen LogP contribution in [0.25, 0.3) is 0 Å². The molecule has 9 nitrogen and oxygen atoms in total. The van der Waals surface area contributed by atoms with Gasteiger partial charge in [-0.3, -0.25) is 14.9 Å². The van der Waals surface area contributed by atoms with Gasteiger partial charge in [0.1, 0.15) is 0 Å². The molecule has 1 aliphatic rings. The van der Waals surface area contributed by atoms with E-state index in [9.17, 15) is 23.3 Å². The van der Waals surface area contributed by atoms with Crippen LogP contribution in [0.4, 0.5) is 11.4 Å². The Morgan fingerprint density at radius 2 is 1.73 bits per heavy atom. The molecule has 10 heteroatoms. The van der Waals surface area contributed by atoms with Gasteiger partial charge in [-0.1, -0.05) is 13.0 Å². The third kappa shape index (κ3) is 4.60. The zero-order chi connectivity index (χ0) is 21.9. The molecule has 0 aliphatic carbocycles. The van der Waals surface area contributed by atoms with E-state index in [-0.39, 0.29) is 23.0 Å². The van der Waals surface area contributed by atoms with E-state index in [1.807, 2.05) is 0 Å². The smallest absolute Gasteiger partial charge is 0.269 e. The molecule has 0 spiro atoms. The third-order valence-corrected chi connectivity index (χ3v) is 6.62. The van der Waals surface area contributed by atoms with Gasteiger partial charge in [-0.15, -0.1) is 0 Å². The highest BCUT2D eigenvalue weighted by atomic mass is 32.2. The normalized spacial score (nSPS) is 14.6. The van der Waals surface area contributed by atoms with Crippen LogP contribution < -0.4 is 9.62 Å². The monoisotopic (exact) mass is 432 g/mol. The minimum Gasteiger partial charge on any atom is -0.368 e. The second kappa shape index (κ2) is 8.80. The van der Waals surface area contributed by atoms with Crippen LogP contribution >= 0.6 is 0 Å². The van der Waals surface area contributed by atoms with Crippen LogP contribution in [0.3, 0.4) is 0 Å². The highest BCUT2D eigenvalue weighted by molar-refractivity contribution is 7.89. The number of carbonyl (C=O) groups is 1. The highest BCUT2D eigenvalue weighted by Crippen LogP contribution is 2.22. The Hall–Kier alpha value is -2.98. The van der Waals surface area contributed by atoms with Crippen LogP contribution in [0, 0.1) is 17.0 Å². The van der Waals surface area contributed by atoms with Crippen LogP contribution in [0.15, 0.2) is 47.4 Å². The molecule has 3 rings (SSSR count). The van der Waals surface area contributed by atoms with E-state index in [4.69, 9.17) is 0 Å². The molecule has 2 aromatic rings. The van der Waals surface area contributed by atoms with E-state index < -0.39 is 14.9 Å². The number of sulfonamides is 1. The van der Waals surface area contributed by atoms with Crippen LogP contribution in [0.1, 0.15) is 22.8 Å². The maximum atomic E-state index is 13.0. The first-order valence-corrected chi connectivity index (χ1v) is 11.1. The number of piperazine rings is 1. The molecule has 0 aromatic heterocycles. The lowest BCUT2D eigenvalue weighted by Gasteiger charge is -2.36. The molecule has 1 saturated heterocycles. The van der Waals surface area contributed by atoms with Crippen molar-refractivity contribution in [2.45, 2.75) is 18.7 Å². The number of nitro groups is 1. The summed E-state index contributed by atoms with van der Waals surface area (Å²) in [6.45, 7) is 5.85. The fraction of sp³-hybridized carbons (Fsp3) is 0.350. The second-order valence-electron chi connectivity index (χ2n) is 7.03. The van der Waals surface area contributed by atoms with Crippen molar-refractivity contribution < 1.29 is 18.1 Å². The first-order chi connectivity index (χ1) is 14.2. The SMILES string of the molecule is CCNS(=O)(=O)c1ccc(C)c(C(=O)N2CCN(c3ccc([N+](=O)[O-])cc3)CC2)c1. The number of benzene rings is 2. The molecule has 1 amide bonds. The van der Waals surface area contributed by atoms with Crippen molar-refractivity contribution in [1.29, 1.82) is 0 Å². The van der Waals surface area contributed by atoms with Crippen LogP contribution in [-0.2, 0) is 10.0 Å². The van der Waals surface area contributed by atoms with Crippen molar-refractivity contribution in [3.63, 3.8) is 0 Å². The summed E-state index contributed by atoms with van der Waals surface area (Å²) in [7, 11) is -3.65. The molecule has 1 aliphatic heterocycles. The fourth-order valence-corrected chi connectivity index (χ4v) is 4.46. The van der Waals surface area contributed by atoms with Gasteiger partial charge in [-0.05, 0) is 36.8 Å². The number of hydrogen-bond donors (Lipinski definition) is 1. The Bertz CT molecular complexity index is 1050. The lowest BCUT2D eigenvalue weighted by Crippen LogP contribution is -2.49. The Morgan fingerprint density at radius 1 is 1.10 bits per heavy atom. The molecule has 0 atom stereocenters. The molecule has 2 aromatic carbocycles. The van der Waals surface area contributed by atoms with E-state index in [1.54, 1.807) is 36.9 Å². The summed E-state index contributed by atoms with van der Waals surface area (Å²) in [4.78, 5) is 27.2. The number of nitro benzene ring substituents is 1. The first-order valence-electron chi connectivity index (χ1n) is 9.62. The number of amides is 1. The van der Waals surface area contributed by atoms with Crippen molar-refractivity contribution in [3.05, 3.63) is 63.7 Å². The largest absolute Gasteiger partial charge is 0.368 e. The summed E-state index contributed by atoms with van der Waals surface area (Å²) in [5, 5.41) is 10.8. The number of hydrogen-bond acceptors (Lipinski definition) is 6. The molecule has 0 bridgehead atoms. The molecular weight excluding hydrogens is 408 g/mol. The van der Waals surface area contributed by atoms with E-state index in [2.05, 4.69) is 9.62 Å². The summed E-state index contributed by atoms with van der Waals surface area (Å²) in [5.74, 6) is -0.204. The first kappa shape index (κ1) is 21.7. The summed E-state index contributed by atoms with van der Waals surface area (Å²) in [5.41, 5.74) is 1.99. The summed E-state index contributed by atoms with van der Waals surface area (Å²) in [6.07, 6.45) is 0. The molecular formula is C20H24N4O5S. The zero-order valence-electron chi connectivity index (χ0n) is 16.9. The lowest BCUT2D eigenvalue weighted by atomic mass is 10.1. The molecule has 1 heterocycles. The number of nitrogens with zero attached hydrogens (tertiary/aromatic N) is 3. The zero-order valence-corrected chi connectivity index (χ0v) is 17.7. The second-order valence-corrected chi connectivity index (χ2v) is 8.80. The van der Waals surface area contributed by atoms with Crippen molar-refractivity contribution in [3.8, 4) is 0 Å². The standard InChI is InChI=1S/C20H24N4O5S/c1-3-21-30(28,29)18-9-4-15(2)19(14-18)20(25)23-12-10-22(11-13-23)16-5-7-17(8-6-16)24(26)27/h4-9,14,21H,3,10-13H2,1-2H3. The van der Waals surface area contributed by atoms with Crippen LogP contribution in [-0.4, -0.2) is 56.9 Å². The van der Waals surface area contributed by atoms with Crippen molar-refractivity contribution in [2.75, 3.05) is 37.6 Å². The van der Waals surface area contributed by atoms with E-state index in [1.165, 1.54) is 24.3 Å². The predicted octanol–water partition coefficient (Wildman–Crippen LogP) is 2.16. The number of aryl methyl sites for hydroxylation is 1. The lowest BCUT2D eigenvalue weighted by molar-refractivity contribution is -0.384. The van der Waals surface area contributed by atoms with Crippen molar-refractivity contribution in [1.82, 2.24) is 9.62 Å². The van der Waals surface area contributed by atoms with Gasteiger partial charge in [0.2, 0.25) is 10.0 Å². The molecule has 0 radical (unpaired) electrons. The number of non-ortho nitro benzene ring substituents is 1. The van der Waals surface area contributed by atoms with Gasteiger partial charge >= 0.3 is 0 Å². The summed E-state index contributed by atoms with van der Waals surface area (Å²) >= 11 is 0. The molecule has 0 saturated carbocycles. The fourth-order valence-electron chi connectivity index (χ4n) is 3.40. The Labute approximate surface area is 175 Å². The Morgan fingerprint density at radius 3 is 2.30 bits per heavy atom. The summed E-state index contributed by atoms with van der Waals surface area (Å²) in [6, 6.07) is 10.9. The van der Waals surface area contributed by atoms with Crippen LogP contribution in [0.2, 0.25) is 0 Å². The maximum Gasteiger partial charge on any atom is 0.269 e. The molecule has 30 heavy (non-hydrogen) atoms. The predicted molar refractivity (Wildman–Crippen MR) is 113 cm³/mol. The van der Waals surface area contributed by atoms with Gasteiger partial charge in [0.05, 0.1) is 9.82 Å². The van der Waals surface area contributed by atoms with E-state index >= 15 is 0 Å². The van der Waals surface area contributed by atoms with Crippen LogP contribution in [0.5, 0.6) is 0 Å². The van der Waals surface area contributed by atoms with Gasteiger partial charge in [-0.2, -0.15) is 0 Å². The number of nitrogens with one attached hydrogen (secondary N) is 1. The topological polar surface area (TPSA) is 113 Å². The maximum absolute atomic E-state index is 13.0. The number of rotatable bonds is 6. The highest BCUT2D eigenvalue weighted by Gasteiger charge is 2.25. The Kier molecular flexibility index (Phi) is 6.37. The van der Waals surface area contributed by atoms with Gasteiger partial charge in [-0.25, -0.2) is 13.1 Å². The minimum absolute atomic E-state index is 0.0374. The average Bonchev–Trinajstić information content (AvgIpc) is 2.73. The Balaban J connectivity index is 1.71. The molecule has 1 N–H and O–H groups in total. The minimum atomic E-state index is -3.65. The molecule has 0 unspecified atom stereocenters. The van der Waals surface area contributed by atoms with Crippen molar-refractivity contribution >= 4 is 27.3 Å². The molecule has 1 fully saturated rings. The van der Waals surface area contributed by atoms with Crippen molar-refractivity contribution in [2.24, 2.45) is 0 Å². The average molecular weight is 433 g/mol. The van der Waals surface area contributed by atoms with E-state index in [0.29, 0.717) is 37.3 Å². The van der Waals surface area contributed by atoms with E-state index in [0.717, 1.165) is 5.69 Å². The molecule has 160 valence electrons. The number of anilines is 1. The van der Waals surface area contributed by atoms with Gasteiger partial charge in [0.25, 0.3) is 11.6 Å². The quantitative estimate of drug-likeness (QED) is 0.553. The third-order valence-electron chi connectivity index (χ3n) is 5.08. The summed E-state index contributed by atoms with van der Waals surface area (Å²) < 4.78 is 27.0. The van der Waals surface area contributed by atoms with Gasteiger partial charge in [0, 0.05) is 56.1 Å². The van der Waals surface area contributed by atoms with Gasteiger partial charge in [0.15, 0.2) is 0 Å².